The second-order valence-corrected chi connectivity index (χ2v) is 2.48. The van der Waals surface area contributed by atoms with E-state index in [1.807, 2.05) is 0 Å². The van der Waals surface area contributed by atoms with Crippen LogP contribution in [0.3, 0.4) is 0 Å². The van der Waals surface area contributed by atoms with Crippen molar-refractivity contribution >= 4 is 11.8 Å². The summed E-state index contributed by atoms with van der Waals surface area (Å²) in [4.78, 5) is 22.0. The van der Waals surface area contributed by atoms with Crippen LogP contribution in [0.1, 0.15) is 28.1 Å². The first kappa shape index (κ1) is 9.25. The van der Waals surface area contributed by atoms with Gasteiger partial charge in [0.25, 0.3) is 11.8 Å². The lowest BCUT2D eigenvalue weighted by molar-refractivity contribution is 0.0879. The number of amides is 2. The normalized spacial score (nSPS) is 13.2. The van der Waals surface area contributed by atoms with Crippen molar-refractivity contribution in [2.24, 2.45) is 0 Å². The van der Waals surface area contributed by atoms with E-state index < -0.39 is 11.8 Å². The van der Waals surface area contributed by atoms with E-state index in [0.717, 1.165) is 0 Å². The van der Waals surface area contributed by atoms with Crippen LogP contribution >= 0.6 is 0 Å². The predicted molar refractivity (Wildman–Crippen MR) is 46.6 cm³/mol. The van der Waals surface area contributed by atoms with Crippen molar-refractivity contribution in [3.05, 3.63) is 29.3 Å². The van der Waals surface area contributed by atoms with Gasteiger partial charge in [0.15, 0.2) is 0 Å². The van der Waals surface area contributed by atoms with E-state index in [-0.39, 0.29) is 24.3 Å². The van der Waals surface area contributed by atoms with Gasteiger partial charge in [-0.2, -0.15) is 0 Å². The molecular formula is C9H9NO3. The van der Waals surface area contributed by atoms with Crippen LogP contribution in [0.15, 0.2) is 18.2 Å². The number of imide groups is 1. The van der Waals surface area contributed by atoms with Crippen molar-refractivity contribution in [2.45, 2.75) is 7.43 Å². The lowest BCUT2D eigenvalue weighted by Gasteiger charge is -1.95. The largest absolute Gasteiger partial charge is 0.507 e. The van der Waals surface area contributed by atoms with Crippen molar-refractivity contribution in [1.29, 1.82) is 0 Å². The Morgan fingerprint density at radius 1 is 1.15 bits per heavy atom. The number of benzene rings is 1. The highest BCUT2D eigenvalue weighted by atomic mass is 16.3. The molecule has 0 radical (unpaired) electrons. The van der Waals surface area contributed by atoms with Crippen molar-refractivity contribution < 1.29 is 14.7 Å². The smallest absolute Gasteiger partial charge is 0.262 e. The number of fused-ring (bicyclic) bond motifs is 1. The summed E-state index contributed by atoms with van der Waals surface area (Å²) in [6.07, 6.45) is 0. The number of hydrogen-bond acceptors (Lipinski definition) is 3. The third kappa shape index (κ3) is 1.16. The number of phenols is 1. The number of phenolic OH excluding ortho intramolecular Hbond substituents is 1. The molecule has 2 N–H and O–H groups in total. The lowest BCUT2D eigenvalue weighted by Crippen LogP contribution is -2.19. The van der Waals surface area contributed by atoms with E-state index >= 15 is 0 Å². The van der Waals surface area contributed by atoms with Crippen LogP contribution in [0, 0.1) is 0 Å². The average molecular weight is 179 g/mol. The monoisotopic (exact) mass is 179 g/mol. The number of rotatable bonds is 0. The third-order valence-electron chi connectivity index (χ3n) is 1.74. The fourth-order valence-electron chi connectivity index (χ4n) is 1.20. The summed E-state index contributed by atoms with van der Waals surface area (Å²) in [6.45, 7) is 0. The molecule has 1 heterocycles. The molecule has 1 aliphatic rings. The maximum absolute atomic E-state index is 11.0. The quantitative estimate of drug-likeness (QED) is 0.582. The minimum atomic E-state index is -0.534. The van der Waals surface area contributed by atoms with E-state index in [4.69, 9.17) is 0 Å². The Kier molecular flexibility index (Phi) is 2.06. The second kappa shape index (κ2) is 2.90. The Hall–Kier alpha value is -1.84. The first-order chi connectivity index (χ1) is 5.70. The molecule has 0 spiro atoms. The molecular weight excluding hydrogens is 170 g/mol. The zero-order chi connectivity index (χ0) is 8.72. The van der Waals surface area contributed by atoms with E-state index in [1.54, 1.807) is 0 Å². The van der Waals surface area contributed by atoms with Gasteiger partial charge >= 0.3 is 0 Å². The Morgan fingerprint density at radius 2 is 1.85 bits per heavy atom. The highest BCUT2D eigenvalue weighted by Gasteiger charge is 2.28. The number of carbonyl (C=O) groups is 2. The molecule has 1 aromatic rings. The van der Waals surface area contributed by atoms with Crippen LogP contribution in [0.5, 0.6) is 5.75 Å². The van der Waals surface area contributed by atoms with Gasteiger partial charge < -0.3 is 5.11 Å². The van der Waals surface area contributed by atoms with E-state index in [2.05, 4.69) is 5.32 Å². The first-order valence-electron chi connectivity index (χ1n) is 3.38. The summed E-state index contributed by atoms with van der Waals surface area (Å²) in [6, 6.07) is 4.39. The van der Waals surface area contributed by atoms with Gasteiger partial charge in [0.2, 0.25) is 0 Å². The number of hydrogen-bond donors (Lipinski definition) is 2. The van der Waals surface area contributed by atoms with Crippen molar-refractivity contribution in [3.8, 4) is 5.75 Å². The molecule has 0 aliphatic carbocycles. The highest BCUT2D eigenvalue weighted by Crippen LogP contribution is 2.24. The Bertz CT molecular complexity index is 384. The van der Waals surface area contributed by atoms with E-state index in [9.17, 15) is 14.7 Å². The Balaban J connectivity index is 0.000000845. The highest BCUT2D eigenvalue weighted by molar-refractivity contribution is 6.22. The van der Waals surface area contributed by atoms with Crippen molar-refractivity contribution in [2.75, 3.05) is 0 Å². The van der Waals surface area contributed by atoms with Crippen molar-refractivity contribution in [3.63, 3.8) is 0 Å². The number of aromatic hydroxyl groups is 1. The molecule has 0 fully saturated rings. The molecule has 2 rings (SSSR count). The summed E-state index contributed by atoms with van der Waals surface area (Å²) in [7, 11) is 0. The number of carbonyl (C=O) groups excluding carboxylic acids is 2. The topological polar surface area (TPSA) is 66.4 Å². The van der Waals surface area contributed by atoms with Crippen LogP contribution in [0.2, 0.25) is 0 Å². The molecule has 68 valence electrons. The standard InChI is InChI=1S/C8H5NO3.CH4/c10-5-3-1-2-4-6(5)8(12)9-7(4)11;/h1-3,10H,(H,9,11,12);1H4. The summed E-state index contributed by atoms with van der Waals surface area (Å²) < 4.78 is 0. The van der Waals surface area contributed by atoms with Gasteiger partial charge in [-0.1, -0.05) is 13.5 Å². The zero-order valence-corrected chi connectivity index (χ0v) is 6.00. The first-order valence-corrected chi connectivity index (χ1v) is 3.38. The SMILES string of the molecule is C.O=C1NC(=O)c2c(O)cccc21. The summed E-state index contributed by atoms with van der Waals surface area (Å²) in [5.74, 6) is -1.14. The van der Waals surface area contributed by atoms with Crippen molar-refractivity contribution in [1.82, 2.24) is 5.32 Å². The minimum Gasteiger partial charge on any atom is -0.507 e. The van der Waals surface area contributed by atoms with Crippen LogP contribution in [0.4, 0.5) is 0 Å². The average Bonchev–Trinajstić information content (AvgIpc) is 2.29. The predicted octanol–water partition coefficient (Wildman–Crippen LogP) is 0.912. The summed E-state index contributed by atoms with van der Waals surface area (Å²) in [5, 5.41) is 11.3. The molecule has 1 aliphatic heterocycles. The van der Waals surface area contributed by atoms with Crippen LogP contribution in [-0.4, -0.2) is 16.9 Å². The Morgan fingerprint density at radius 3 is 2.46 bits per heavy atom. The molecule has 0 aromatic heterocycles. The number of nitrogens with one attached hydrogen (secondary N) is 1. The second-order valence-electron chi connectivity index (χ2n) is 2.48. The van der Waals surface area contributed by atoms with Crippen LogP contribution in [0.25, 0.3) is 0 Å². The van der Waals surface area contributed by atoms with Gasteiger partial charge in [0, 0.05) is 0 Å². The molecule has 0 saturated heterocycles. The van der Waals surface area contributed by atoms with Crippen LogP contribution < -0.4 is 5.32 Å². The van der Waals surface area contributed by atoms with Gasteiger partial charge in [-0.05, 0) is 12.1 Å². The maximum atomic E-state index is 11.0. The Labute approximate surface area is 75.2 Å². The minimum absolute atomic E-state index is 0. The third-order valence-corrected chi connectivity index (χ3v) is 1.74. The molecule has 0 unspecified atom stereocenters. The van der Waals surface area contributed by atoms with Gasteiger partial charge in [0.05, 0.1) is 11.1 Å². The fraction of sp³-hybridized carbons (Fsp3) is 0.111. The van der Waals surface area contributed by atoms with Crippen LogP contribution in [-0.2, 0) is 0 Å². The molecule has 1 aromatic carbocycles. The molecule has 0 bridgehead atoms. The lowest BCUT2D eigenvalue weighted by atomic mass is 10.1. The molecule has 13 heavy (non-hydrogen) atoms. The molecule has 4 nitrogen and oxygen atoms in total. The van der Waals surface area contributed by atoms with Gasteiger partial charge in [-0.15, -0.1) is 0 Å². The molecule has 0 atom stereocenters. The van der Waals surface area contributed by atoms with Gasteiger partial charge in [0.1, 0.15) is 5.75 Å². The molecule has 2 amide bonds. The molecule has 4 heteroatoms. The van der Waals surface area contributed by atoms with E-state index in [1.165, 1.54) is 18.2 Å². The maximum Gasteiger partial charge on any atom is 0.262 e. The van der Waals surface area contributed by atoms with E-state index in [0.29, 0.717) is 0 Å². The summed E-state index contributed by atoms with van der Waals surface area (Å²) in [5.41, 5.74) is 0.308. The zero-order valence-electron chi connectivity index (χ0n) is 6.00. The van der Waals surface area contributed by atoms with Gasteiger partial charge in [-0.3, -0.25) is 14.9 Å². The molecule has 0 saturated carbocycles. The fourth-order valence-corrected chi connectivity index (χ4v) is 1.20. The summed E-state index contributed by atoms with van der Waals surface area (Å²) >= 11 is 0. The van der Waals surface area contributed by atoms with Gasteiger partial charge in [-0.25, -0.2) is 0 Å².